The van der Waals surface area contributed by atoms with Gasteiger partial charge in [-0.2, -0.15) is 0 Å². The number of hydrogen-bond acceptors (Lipinski definition) is 3. The first-order valence-electron chi connectivity index (χ1n) is 9.21. The van der Waals surface area contributed by atoms with Gasteiger partial charge in [0.05, 0.1) is 12.2 Å². The molecule has 1 N–H and O–H groups in total. The van der Waals surface area contributed by atoms with E-state index in [1.807, 2.05) is 0 Å². The highest BCUT2D eigenvalue weighted by Crippen LogP contribution is 2.47. The summed E-state index contributed by atoms with van der Waals surface area (Å²) in [6, 6.07) is 1.39. The van der Waals surface area contributed by atoms with Gasteiger partial charge in [-0.25, -0.2) is 13.6 Å². The van der Waals surface area contributed by atoms with Crippen molar-refractivity contribution in [1.29, 1.82) is 0 Å². The zero-order chi connectivity index (χ0) is 20.0. The van der Waals surface area contributed by atoms with Gasteiger partial charge in [-0.15, -0.1) is 0 Å². The van der Waals surface area contributed by atoms with Gasteiger partial charge >= 0.3 is 5.97 Å². The van der Waals surface area contributed by atoms with E-state index in [1.165, 1.54) is 0 Å². The van der Waals surface area contributed by atoms with E-state index in [1.54, 1.807) is 0 Å². The molecule has 5 nitrogen and oxygen atoms in total. The van der Waals surface area contributed by atoms with Crippen LogP contribution in [-0.4, -0.2) is 40.3 Å². The van der Waals surface area contributed by atoms with Crippen molar-refractivity contribution in [2.24, 2.45) is 11.3 Å². The quantitative estimate of drug-likeness (QED) is 0.846. The minimum Gasteiger partial charge on any atom is -0.480 e. The number of benzene rings is 1. The fraction of sp³-hybridized carbons (Fsp3) is 0.600. The minimum absolute atomic E-state index is 0.0932. The number of carbonyl (C=O) groups excluding carboxylic acids is 1. The lowest BCUT2D eigenvalue weighted by Crippen LogP contribution is -2.55. The molecule has 1 spiro atoms. The van der Waals surface area contributed by atoms with E-state index in [4.69, 9.17) is 4.74 Å². The first kappa shape index (κ1) is 19.7. The van der Waals surface area contributed by atoms with Crippen LogP contribution >= 0.6 is 0 Å². The molecular formula is C20H25F2NO4. The van der Waals surface area contributed by atoms with Gasteiger partial charge < -0.3 is 9.84 Å². The van der Waals surface area contributed by atoms with E-state index in [0.717, 1.165) is 35.9 Å². The molecule has 1 atom stereocenters. The Bertz CT molecular complexity index is 751. The Hall–Kier alpha value is -2.02. The van der Waals surface area contributed by atoms with Crippen molar-refractivity contribution in [3.63, 3.8) is 0 Å². The molecule has 1 aromatic rings. The first-order chi connectivity index (χ1) is 12.5. The highest BCUT2D eigenvalue weighted by molar-refractivity contribution is 5.97. The largest absolute Gasteiger partial charge is 0.480 e. The number of nitrogens with zero attached hydrogens (tertiary/aromatic N) is 1. The van der Waals surface area contributed by atoms with Crippen molar-refractivity contribution in [2.75, 3.05) is 6.61 Å². The number of rotatable bonds is 2. The summed E-state index contributed by atoms with van der Waals surface area (Å²) in [6.07, 6.45) is 2.49. The SMILES string of the molecule is CC(C)(C)C1CCC2(CC1)OCC(C(=O)O)N2C(=O)c1cc(F)ccc1F. The molecule has 148 valence electrons. The van der Waals surface area contributed by atoms with Crippen LogP contribution in [0.5, 0.6) is 0 Å². The molecule has 1 heterocycles. The number of hydrogen-bond donors (Lipinski definition) is 1. The number of carbonyl (C=O) groups is 2. The summed E-state index contributed by atoms with van der Waals surface area (Å²) in [5, 5.41) is 9.56. The molecule has 1 unspecified atom stereocenters. The number of carboxylic acid groups (broad SMARTS) is 1. The summed E-state index contributed by atoms with van der Waals surface area (Å²) < 4.78 is 33.6. The van der Waals surface area contributed by atoms with Gasteiger partial charge in [0.2, 0.25) is 0 Å². The summed E-state index contributed by atoms with van der Waals surface area (Å²) >= 11 is 0. The molecule has 1 aliphatic carbocycles. The molecule has 1 aliphatic heterocycles. The van der Waals surface area contributed by atoms with E-state index in [9.17, 15) is 23.5 Å². The van der Waals surface area contributed by atoms with E-state index >= 15 is 0 Å². The predicted octanol–water partition coefficient (Wildman–Crippen LogP) is 3.82. The third kappa shape index (κ3) is 3.57. The van der Waals surface area contributed by atoms with Crippen LogP contribution < -0.4 is 0 Å². The predicted molar refractivity (Wildman–Crippen MR) is 94.0 cm³/mol. The van der Waals surface area contributed by atoms with Crippen LogP contribution in [0, 0.1) is 23.0 Å². The Morgan fingerprint density at radius 3 is 2.41 bits per heavy atom. The van der Waals surface area contributed by atoms with Crippen molar-refractivity contribution in [3.8, 4) is 0 Å². The van der Waals surface area contributed by atoms with Crippen molar-refractivity contribution in [2.45, 2.75) is 58.2 Å². The average molecular weight is 381 g/mol. The Morgan fingerprint density at radius 1 is 1.22 bits per heavy atom. The monoisotopic (exact) mass is 381 g/mol. The number of amides is 1. The first-order valence-corrected chi connectivity index (χ1v) is 9.21. The lowest BCUT2D eigenvalue weighted by atomic mass is 9.70. The van der Waals surface area contributed by atoms with Gasteiger partial charge in [-0.1, -0.05) is 20.8 Å². The van der Waals surface area contributed by atoms with Crippen molar-refractivity contribution in [3.05, 3.63) is 35.4 Å². The molecule has 0 bridgehead atoms. The number of carboxylic acids is 1. The van der Waals surface area contributed by atoms with Crippen LogP contribution in [-0.2, 0) is 9.53 Å². The topological polar surface area (TPSA) is 66.8 Å². The molecule has 3 rings (SSSR count). The van der Waals surface area contributed by atoms with Crippen LogP contribution in [0.4, 0.5) is 8.78 Å². The Labute approximate surface area is 157 Å². The summed E-state index contributed by atoms with van der Waals surface area (Å²) in [7, 11) is 0. The number of aliphatic carboxylic acids is 1. The second-order valence-corrected chi connectivity index (χ2v) is 8.55. The van der Waals surface area contributed by atoms with Crippen LogP contribution in [0.25, 0.3) is 0 Å². The zero-order valence-electron chi connectivity index (χ0n) is 15.8. The molecule has 2 fully saturated rings. The van der Waals surface area contributed by atoms with Crippen molar-refractivity contribution in [1.82, 2.24) is 4.90 Å². The molecule has 1 saturated heterocycles. The van der Waals surface area contributed by atoms with Crippen molar-refractivity contribution >= 4 is 11.9 Å². The maximum Gasteiger partial charge on any atom is 0.328 e. The standard InChI is InChI=1S/C20H25F2NO4/c1-19(2,3)12-6-8-20(9-7-12)23(16(11-27-20)18(25)26)17(24)14-10-13(21)4-5-15(14)22/h4-5,10,12,16H,6-9,11H2,1-3H3,(H,25,26). The van der Waals surface area contributed by atoms with E-state index in [-0.39, 0.29) is 12.0 Å². The van der Waals surface area contributed by atoms with E-state index in [2.05, 4.69) is 20.8 Å². The highest BCUT2D eigenvalue weighted by Gasteiger charge is 2.55. The molecule has 0 radical (unpaired) electrons. The number of halogens is 2. The molecule has 2 aliphatic rings. The second kappa shape index (κ2) is 6.86. The van der Waals surface area contributed by atoms with Gasteiger partial charge in [0.15, 0.2) is 6.04 Å². The van der Waals surface area contributed by atoms with Crippen LogP contribution in [0.15, 0.2) is 18.2 Å². The van der Waals surface area contributed by atoms with Gasteiger partial charge in [-0.3, -0.25) is 9.69 Å². The fourth-order valence-electron chi connectivity index (χ4n) is 4.28. The molecule has 1 amide bonds. The lowest BCUT2D eigenvalue weighted by molar-refractivity contribution is -0.144. The number of ether oxygens (including phenoxy) is 1. The lowest BCUT2D eigenvalue weighted by Gasteiger charge is -2.46. The smallest absolute Gasteiger partial charge is 0.328 e. The zero-order valence-corrected chi connectivity index (χ0v) is 15.8. The van der Waals surface area contributed by atoms with E-state index < -0.39 is 40.8 Å². The molecule has 0 aromatic heterocycles. The van der Waals surface area contributed by atoms with Crippen LogP contribution in [0.2, 0.25) is 0 Å². The van der Waals surface area contributed by atoms with Crippen LogP contribution in [0.1, 0.15) is 56.8 Å². The van der Waals surface area contributed by atoms with Crippen molar-refractivity contribution < 1.29 is 28.2 Å². The molecule has 1 aromatic carbocycles. The molecule has 1 saturated carbocycles. The van der Waals surface area contributed by atoms with Gasteiger partial charge in [0.1, 0.15) is 17.4 Å². The maximum absolute atomic E-state index is 14.2. The third-order valence-corrected chi connectivity index (χ3v) is 5.91. The fourth-order valence-corrected chi connectivity index (χ4v) is 4.28. The van der Waals surface area contributed by atoms with E-state index in [0.29, 0.717) is 18.8 Å². The van der Waals surface area contributed by atoms with Crippen LogP contribution in [0.3, 0.4) is 0 Å². The Morgan fingerprint density at radius 2 is 1.85 bits per heavy atom. The Balaban J connectivity index is 1.94. The van der Waals surface area contributed by atoms with Gasteiger partial charge in [-0.05, 0) is 55.2 Å². The molecular weight excluding hydrogens is 356 g/mol. The van der Waals surface area contributed by atoms with Gasteiger partial charge in [0, 0.05) is 0 Å². The summed E-state index contributed by atoms with van der Waals surface area (Å²) in [5.74, 6) is -3.27. The Kier molecular flexibility index (Phi) is 5.01. The third-order valence-electron chi connectivity index (χ3n) is 5.91. The summed E-state index contributed by atoms with van der Waals surface area (Å²) in [4.78, 5) is 25.9. The maximum atomic E-state index is 14.2. The molecule has 7 heteroatoms. The minimum atomic E-state index is -1.22. The highest BCUT2D eigenvalue weighted by atomic mass is 19.1. The average Bonchev–Trinajstić information content (AvgIpc) is 2.95. The van der Waals surface area contributed by atoms with Gasteiger partial charge in [0.25, 0.3) is 5.91 Å². The second-order valence-electron chi connectivity index (χ2n) is 8.55. The molecule has 27 heavy (non-hydrogen) atoms. The normalized spacial score (nSPS) is 28.6. The summed E-state index contributed by atoms with van der Waals surface area (Å²) in [6.45, 7) is 6.29. The summed E-state index contributed by atoms with van der Waals surface area (Å²) in [5.41, 5.74) is -1.46.